The molecule has 0 aliphatic rings. The van der Waals surface area contributed by atoms with Gasteiger partial charge in [0.1, 0.15) is 0 Å². The summed E-state index contributed by atoms with van der Waals surface area (Å²) in [5.74, 6) is 0.900. The van der Waals surface area contributed by atoms with Gasteiger partial charge in [-0.15, -0.1) is 0 Å². The fourth-order valence-corrected chi connectivity index (χ4v) is 1.85. The van der Waals surface area contributed by atoms with E-state index in [0.717, 1.165) is 5.92 Å². The maximum Gasteiger partial charge on any atom is -0.0352 e. The zero-order valence-electron chi connectivity index (χ0n) is 11.6. The topological polar surface area (TPSA) is 0 Å². The number of rotatable bonds is 6. The van der Waals surface area contributed by atoms with E-state index in [1.54, 1.807) is 0 Å². The number of unbranched alkanes of at least 4 members (excludes halogenated alkanes) is 1. The molecule has 0 aromatic carbocycles. The molecule has 0 heteroatoms. The first-order chi connectivity index (χ1) is 6.52. The van der Waals surface area contributed by atoms with Crippen LogP contribution in [-0.4, -0.2) is 0 Å². The lowest BCUT2D eigenvalue weighted by atomic mass is 9.79. The van der Waals surface area contributed by atoms with Crippen molar-refractivity contribution in [2.45, 2.75) is 80.6 Å². The second kappa shape index (κ2) is 9.55. The molecule has 0 aromatic heterocycles. The predicted molar refractivity (Wildman–Crippen MR) is 68.7 cm³/mol. The van der Waals surface area contributed by atoms with Crippen molar-refractivity contribution in [2.75, 3.05) is 0 Å². The normalized spacial score (nSPS) is 13.1. The smallest absolute Gasteiger partial charge is 0.0352 e. The van der Waals surface area contributed by atoms with Crippen molar-refractivity contribution in [1.29, 1.82) is 0 Å². The van der Waals surface area contributed by atoms with Crippen molar-refractivity contribution < 1.29 is 0 Å². The van der Waals surface area contributed by atoms with Crippen LogP contribution in [0.1, 0.15) is 80.6 Å². The van der Waals surface area contributed by atoms with Crippen LogP contribution >= 0.6 is 0 Å². The number of hydrogen-bond acceptors (Lipinski definition) is 0. The minimum absolute atomic E-state index is 0.575. The summed E-state index contributed by atoms with van der Waals surface area (Å²) in [4.78, 5) is 0. The number of hydrogen-bond donors (Lipinski definition) is 0. The van der Waals surface area contributed by atoms with Crippen LogP contribution in [-0.2, 0) is 0 Å². The zero-order valence-corrected chi connectivity index (χ0v) is 11.6. The molecule has 0 saturated carbocycles. The van der Waals surface area contributed by atoms with E-state index in [-0.39, 0.29) is 0 Å². The molecular formula is C14H32. The maximum atomic E-state index is 2.41. The molecule has 88 valence electrons. The van der Waals surface area contributed by atoms with Crippen LogP contribution in [0.4, 0.5) is 0 Å². The molecule has 0 amide bonds. The van der Waals surface area contributed by atoms with Crippen LogP contribution in [0.15, 0.2) is 0 Å². The summed E-state index contributed by atoms with van der Waals surface area (Å²) in [6.07, 6.45) is 6.85. The van der Waals surface area contributed by atoms with E-state index in [1.165, 1.54) is 32.1 Å². The lowest BCUT2D eigenvalue weighted by molar-refractivity contribution is 0.247. The lowest BCUT2D eigenvalue weighted by Gasteiger charge is -2.27. The zero-order chi connectivity index (χ0) is 11.6. The molecule has 0 fully saturated rings. The largest absolute Gasteiger partial charge is 0.0683 e. The molecule has 0 spiro atoms. The van der Waals surface area contributed by atoms with Crippen molar-refractivity contribution in [3.63, 3.8) is 0 Å². The van der Waals surface area contributed by atoms with Gasteiger partial charge in [-0.1, -0.05) is 67.7 Å². The van der Waals surface area contributed by atoms with Crippen molar-refractivity contribution >= 4 is 0 Å². The van der Waals surface area contributed by atoms with E-state index in [0.29, 0.717) is 5.41 Å². The Kier molecular flexibility index (Phi) is 11.2. The molecule has 0 bridgehead atoms. The fraction of sp³-hybridized carbons (Fsp3) is 1.00. The highest BCUT2D eigenvalue weighted by Crippen LogP contribution is 2.31. The molecule has 1 unspecified atom stereocenters. The summed E-state index contributed by atoms with van der Waals surface area (Å²) in [7, 11) is 0. The minimum Gasteiger partial charge on any atom is -0.0683 e. The quantitative estimate of drug-likeness (QED) is 0.518. The minimum atomic E-state index is 0.575. The fourth-order valence-electron chi connectivity index (χ4n) is 1.85. The van der Waals surface area contributed by atoms with Gasteiger partial charge in [-0.25, -0.2) is 0 Å². The van der Waals surface area contributed by atoms with Crippen LogP contribution < -0.4 is 0 Å². The van der Waals surface area contributed by atoms with Gasteiger partial charge in [-0.3, -0.25) is 0 Å². The van der Waals surface area contributed by atoms with Crippen molar-refractivity contribution in [2.24, 2.45) is 11.3 Å². The maximum absolute atomic E-state index is 2.41. The average Bonchev–Trinajstić information content (AvgIpc) is 2.17. The first-order valence-corrected chi connectivity index (χ1v) is 6.52. The van der Waals surface area contributed by atoms with Gasteiger partial charge < -0.3 is 0 Å². The van der Waals surface area contributed by atoms with Crippen LogP contribution in [0.2, 0.25) is 0 Å². The van der Waals surface area contributed by atoms with Gasteiger partial charge in [0, 0.05) is 0 Å². The molecule has 0 heterocycles. The molecule has 0 radical (unpaired) electrons. The summed E-state index contributed by atoms with van der Waals surface area (Å²) in [5.41, 5.74) is 0.575. The molecule has 0 rings (SSSR count). The van der Waals surface area contributed by atoms with E-state index in [4.69, 9.17) is 0 Å². The monoisotopic (exact) mass is 200 g/mol. The standard InChI is InChI=1S/C12H26.C2H6/c1-6-8-9-12(4,5)10-11(3)7-2;1-2/h11H,6-10H2,1-5H3;1-2H3. The Labute approximate surface area is 92.5 Å². The van der Waals surface area contributed by atoms with Crippen LogP contribution in [0.3, 0.4) is 0 Å². The van der Waals surface area contributed by atoms with Gasteiger partial charge >= 0.3 is 0 Å². The highest BCUT2D eigenvalue weighted by atomic mass is 14.2. The Bertz CT molecular complexity index is 103. The first kappa shape index (κ1) is 16.4. The second-order valence-corrected chi connectivity index (χ2v) is 4.99. The summed E-state index contributed by atoms with van der Waals surface area (Å²) < 4.78 is 0. The SMILES string of the molecule is CC.CCCCC(C)(C)CC(C)CC. The predicted octanol–water partition coefficient (Wildman–Crippen LogP) is 5.67. The third-order valence-electron chi connectivity index (χ3n) is 2.81. The van der Waals surface area contributed by atoms with Crippen LogP contribution in [0, 0.1) is 11.3 Å². The van der Waals surface area contributed by atoms with E-state index in [9.17, 15) is 0 Å². The van der Waals surface area contributed by atoms with E-state index in [2.05, 4.69) is 34.6 Å². The first-order valence-electron chi connectivity index (χ1n) is 6.52. The Hall–Kier alpha value is 0. The van der Waals surface area contributed by atoms with E-state index in [1.807, 2.05) is 13.8 Å². The highest BCUT2D eigenvalue weighted by Gasteiger charge is 2.19. The van der Waals surface area contributed by atoms with Gasteiger partial charge in [0.25, 0.3) is 0 Å². The Balaban J connectivity index is 0. The second-order valence-electron chi connectivity index (χ2n) is 4.99. The molecule has 1 atom stereocenters. The van der Waals surface area contributed by atoms with E-state index < -0.39 is 0 Å². The molecule has 0 aliphatic carbocycles. The Morgan fingerprint density at radius 2 is 1.57 bits per heavy atom. The molecule has 0 saturated heterocycles. The van der Waals surface area contributed by atoms with Crippen LogP contribution in [0.5, 0.6) is 0 Å². The summed E-state index contributed by atoms with van der Waals surface area (Å²) in [6.45, 7) is 15.8. The molecule has 14 heavy (non-hydrogen) atoms. The van der Waals surface area contributed by atoms with Gasteiger partial charge in [0.05, 0.1) is 0 Å². The molecule has 0 N–H and O–H groups in total. The lowest BCUT2D eigenvalue weighted by Crippen LogP contribution is -2.15. The average molecular weight is 200 g/mol. The van der Waals surface area contributed by atoms with Gasteiger partial charge in [-0.2, -0.15) is 0 Å². The third-order valence-corrected chi connectivity index (χ3v) is 2.81. The van der Waals surface area contributed by atoms with Gasteiger partial charge in [0.2, 0.25) is 0 Å². The van der Waals surface area contributed by atoms with Crippen molar-refractivity contribution in [3.8, 4) is 0 Å². The Morgan fingerprint density at radius 3 is 1.93 bits per heavy atom. The molecular weight excluding hydrogens is 168 g/mol. The summed E-state index contributed by atoms with van der Waals surface area (Å²) in [6, 6.07) is 0. The summed E-state index contributed by atoms with van der Waals surface area (Å²) >= 11 is 0. The summed E-state index contributed by atoms with van der Waals surface area (Å²) in [5, 5.41) is 0. The van der Waals surface area contributed by atoms with Crippen LogP contribution in [0.25, 0.3) is 0 Å². The van der Waals surface area contributed by atoms with Crippen molar-refractivity contribution in [3.05, 3.63) is 0 Å². The highest BCUT2D eigenvalue weighted by molar-refractivity contribution is 4.70. The Morgan fingerprint density at radius 1 is 1.07 bits per heavy atom. The molecule has 0 aliphatic heterocycles. The van der Waals surface area contributed by atoms with Crippen molar-refractivity contribution in [1.82, 2.24) is 0 Å². The molecule has 0 nitrogen and oxygen atoms in total. The third kappa shape index (κ3) is 10.1. The van der Waals surface area contributed by atoms with Gasteiger partial charge in [-0.05, 0) is 24.2 Å². The van der Waals surface area contributed by atoms with E-state index >= 15 is 0 Å². The van der Waals surface area contributed by atoms with Gasteiger partial charge in [0.15, 0.2) is 0 Å². The molecule has 0 aromatic rings.